The van der Waals surface area contributed by atoms with E-state index >= 15 is 0 Å². The van der Waals surface area contributed by atoms with Gasteiger partial charge in [0.15, 0.2) is 5.65 Å². The number of likely N-dealkylation sites (N-methyl/N-ethyl adjacent to an activating group) is 1. The van der Waals surface area contributed by atoms with Gasteiger partial charge in [0.1, 0.15) is 0 Å². The number of hydrogen-bond acceptors (Lipinski definition) is 4. The highest BCUT2D eigenvalue weighted by Crippen LogP contribution is 2.14. The van der Waals surface area contributed by atoms with Gasteiger partial charge in [-0.2, -0.15) is 5.10 Å². The predicted molar refractivity (Wildman–Crippen MR) is 97.7 cm³/mol. The Bertz CT molecular complexity index is 629. The van der Waals surface area contributed by atoms with E-state index in [1.807, 2.05) is 24.7 Å². The maximum Gasteiger partial charge on any atom is 0.252 e. The lowest BCUT2D eigenvalue weighted by molar-refractivity contribution is 0.0950. The maximum atomic E-state index is 12.1. The van der Waals surface area contributed by atoms with Crippen LogP contribution in [0.25, 0.3) is 11.0 Å². The Kier molecular flexibility index (Phi) is 9.12. The lowest BCUT2D eigenvalue weighted by atomic mass is 10.2. The molecule has 0 aliphatic heterocycles. The first-order valence-corrected chi connectivity index (χ1v) is 7.28. The zero-order chi connectivity index (χ0) is 15.4. The van der Waals surface area contributed by atoms with Gasteiger partial charge in [-0.15, -0.1) is 24.8 Å². The van der Waals surface area contributed by atoms with Crippen LogP contribution in [-0.2, 0) is 6.54 Å². The van der Waals surface area contributed by atoms with Crippen molar-refractivity contribution in [1.82, 2.24) is 25.4 Å². The topological polar surface area (TPSA) is 71.8 Å². The highest BCUT2D eigenvalue weighted by atomic mass is 35.5. The highest BCUT2D eigenvalue weighted by molar-refractivity contribution is 5.96. The molecular formula is C15H25Cl2N5O. The van der Waals surface area contributed by atoms with E-state index in [4.69, 9.17) is 0 Å². The van der Waals surface area contributed by atoms with E-state index in [9.17, 15) is 4.79 Å². The number of fused-ring (bicyclic) bond motifs is 1. The molecule has 0 saturated heterocycles. The maximum absolute atomic E-state index is 12.1. The SMILES string of the molecule is CNC(C)CNC(=O)c1cnc2c(cnn2CC(C)C)c1.Cl.Cl. The molecule has 0 fully saturated rings. The number of rotatable bonds is 6. The molecule has 2 aromatic heterocycles. The third kappa shape index (κ3) is 5.64. The quantitative estimate of drug-likeness (QED) is 0.827. The monoisotopic (exact) mass is 361 g/mol. The van der Waals surface area contributed by atoms with Crippen molar-refractivity contribution >= 4 is 41.8 Å². The molecular weight excluding hydrogens is 337 g/mol. The summed E-state index contributed by atoms with van der Waals surface area (Å²) in [6.07, 6.45) is 3.37. The Morgan fingerprint density at radius 2 is 1.96 bits per heavy atom. The van der Waals surface area contributed by atoms with Crippen LogP contribution in [0.2, 0.25) is 0 Å². The fourth-order valence-electron chi connectivity index (χ4n) is 2.03. The van der Waals surface area contributed by atoms with Crippen molar-refractivity contribution in [3.8, 4) is 0 Å². The first kappa shape index (κ1) is 21.6. The van der Waals surface area contributed by atoms with Gasteiger partial charge in [-0.25, -0.2) is 9.67 Å². The van der Waals surface area contributed by atoms with Crippen LogP contribution in [0.5, 0.6) is 0 Å². The first-order chi connectivity index (χ1) is 10.0. The summed E-state index contributed by atoms with van der Waals surface area (Å²) >= 11 is 0. The fourth-order valence-corrected chi connectivity index (χ4v) is 2.03. The molecule has 0 radical (unpaired) electrons. The molecule has 0 aliphatic carbocycles. The zero-order valence-corrected chi connectivity index (χ0v) is 15.5. The molecule has 130 valence electrons. The molecule has 0 bridgehead atoms. The molecule has 2 N–H and O–H groups in total. The van der Waals surface area contributed by atoms with Gasteiger partial charge in [-0.3, -0.25) is 4.79 Å². The van der Waals surface area contributed by atoms with Gasteiger partial charge in [0, 0.05) is 30.7 Å². The van der Waals surface area contributed by atoms with Crippen molar-refractivity contribution in [2.24, 2.45) is 5.92 Å². The van der Waals surface area contributed by atoms with Crippen molar-refractivity contribution in [3.05, 3.63) is 24.0 Å². The number of carbonyl (C=O) groups excluding carboxylic acids is 1. The summed E-state index contributed by atoms with van der Waals surface area (Å²) in [6.45, 7) is 7.69. The molecule has 0 aromatic carbocycles. The summed E-state index contributed by atoms with van der Waals surface area (Å²) in [5.74, 6) is 0.393. The second kappa shape index (κ2) is 9.70. The smallest absolute Gasteiger partial charge is 0.252 e. The standard InChI is InChI=1S/C15H23N5O.2ClH/c1-10(2)9-20-14-12(8-19-20)5-13(7-17-14)15(21)18-6-11(3)16-4;;/h5,7-8,10-11,16H,6,9H2,1-4H3,(H,18,21);2*1H. The summed E-state index contributed by atoms with van der Waals surface area (Å²) in [7, 11) is 1.87. The van der Waals surface area contributed by atoms with Gasteiger partial charge in [0.25, 0.3) is 5.91 Å². The molecule has 2 aromatic rings. The van der Waals surface area contributed by atoms with Crippen molar-refractivity contribution in [1.29, 1.82) is 0 Å². The molecule has 0 spiro atoms. The number of nitrogens with zero attached hydrogens (tertiary/aromatic N) is 3. The van der Waals surface area contributed by atoms with E-state index in [1.165, 1.54) is 0 Å². The van der Waals surface area contributed by atoms with Crippen LogP contribution in [-0.4, -0.2) is 40.3 Å². The van der Waals surface area contributed by atoms with E-state index in [0.717, 1.165) is 17.6 Å². The van der Waals surface area contributed by atoms with Gasteiger partial charge in [-0.05, 0) is 26.0 Å². The third-order valence-corrected chi connectivity index (χ3v) is 3.34. The molecule has 2 rings (SSSR count). The van der Waals surface area contributed by atoms with Crippen LogP contribution in [0.15, 0.2) is 18.5 Å². The van der Waals surface area contributed by atoms with Gasteiger partial charge in [0.2, 0.25) is 0 Å². The lowest BCUT2D eigenvalue weighted by Gasteiger charge is -2.11. The minimum atomic E-state index is -0.108. The minimum absolute atomic E-state index is 0. The Morgan fingerprint density at radius 3 is 2.57 bits per heavy atom. The van der Waals surface area contributed by atoms with Crippen LogP contribution in [0, 0.1) is 5.92 Å². The molecule has 23 heavy (non-hydrogen) atoms. The number of nitrogens with one attached hydrogen (secondary N) is 2. The fraction of sp³-hybridized carbons (Fsp3) is 0.533. The average molecular weight is 362 g/mol. The van der Waals surface area contributed by atoms with E-state index in [2.05, 4.69) is 34.6 Å². The Hall–Kier alpha value is -1.37. The average Bonchev–Trinajstić information content (AvgIpc) is 2.86. The van der Waals surface area contributed by atoms with Crippen molar-refractivity contribution < 1.29 is 4.79 Å². The van der Waals surface area contributed by atoms with Gasteiger partial charge in [-0.1, -0.05) is 13.8 Å². The zero-order valence-electron chi connectivity index (χ0n) is 13.9. The van der Waals surface area contributed by atoms with Crippen molar-refractivity contribution in [2.45, 2.75) is 33.4 Å². The number of aromatic nitrogens is 3. The van der Waals surface area contributed by atoms with Gasteiger partial charge in [0.05, 0.1) is 11.8 Å². The second-order valence-electron chi connectivity index (χ2n) is 5.76. The molecule has 6 nitrogen and oxygen atoms in total. The van der Waals surface area contributed by atoms with Crippen LogP contribution in [0.1, 0.15) is 31.1 Å². The van der Waals surface area contributed by atoms with Crippen LogP contribution in [0.3, 0.4) is 0 Å². The Labute approximate surface area is 149 Å². The van der Waals surface area contributed by atoms with E-state index in [1.54, 1.807) is 12.4 Å². The summed E-state index contributed by atoms with van der Waals surface area (Å²) in [5, 5.41) is 11.2. The number of pyridine rings is 1. The Balaban J connectivity index is 0.00000242. The second-order valence-corrected chi connectivity index (χ2v) is 5.76. The van der Waals surface area contributed by atoms with Crippen molar-refractivity contribution in [2.75, 3.05) is 13.6 Å². The summed E-state index contributed by atoms with van der Waals surface area (Å²) < 4.78 is 1.88. The largest absolute Gasteiger partial charge is 0.350 e. The van der Waals surface area contributed by atoms with Crippen LogP contribution >= 0.6 is 24.8 Å². The Morgan fingerprint density at radius 1 is 1.26 bits per heavy atom. The number of halogens is 2. The van der Waals surface area contributed by atoms with Crippen molar-refractivity contribution in [3.63, 3.8) is 0 Å². The molecule has 2 heterocycles. The summed E-state index contributed by atoms with van der Waals surface area (Å²) in [6, 6.07) is 2.07. The third-order valence-electron chi connectivity index (χ3n) is 3.34. The van der Waals surface area contributed by atoms with E-state index in [-0.39, 0.29) is 36.8 Å². The molecule has 1 atom stereocenters. The molecule has 0 saturated carbocycles. The first-order valence-electron chi connectivity index (χ1n) is 7.28. The van der Waals surface area contributed by atoms with Crippen LogP contribution < -0.4 is 10.6 Å². The molecule has 1 unspecified atom stereocenters. The highest BCUT2D eigenvalue weighted by Gasteiger charge is 2.11. The number of hydrogen-bond donors (Lipinski definition) is 2. The number of amides is 1. The van der Waals surface area contributed by atoms with Gasteiger partial charge < -0.3 is 10.6 Å². The van der Waals surface area contributed by atoms with E-state index in [0.29, 0.717) is 18.0 Å². The van der Waals surface area contributed by atoms with Gasteiger partial charge >= 0.3 is 0 Å². The van der Waals surface area contributed by atoms with Crippen LogP contribution in [0.4, 0.5) is 0 Å². The number of carbonyl (C=O) groups is 1. The molecule has 0 aliphatic rings. The van der Waals surface area contributed by atoms with E-state index < -0.39 is 0 Å². The normalized spacial score (nSPS) is 11.7. The lowest BCUT2D eigenvalue weighted by Crippen LogP contribution is -2.37. The summed E-state index contributed by atoms with van der Waals surface area (Å²) in [4.78, 5) is 16.5. The molecule has 1 amide bonds. The predicted octanol–water partition coefficient (Wildman–Crippen LogP) is 2.27. The molecule has 8 heteroatoms. The minimum Gasteiger partial charge on any atom is -0.350 e. The summed E-state index contributed by atoms with van der Waals surface area (Å²) in [5.41, 5.74) is 1.39.